The normalized spacial score (nSPS) is 20.8. The van der Waals surface area contributed by atoms with Gasteiger partial charge in [0.05, 0.1) is 16.5 Å². The Balaban J connectivity index is 1.72. The van der Waals surface area contributed by atoms with Crippen molar-refractivity contribution in [2.45, 2.75) is 23.8 Å². The van der Waals surface area contributed by atoms with Gasteiger partial charge in [0.15, 0.2) is 9.84 Å². The second kappa shape index (κ2) is 6.83. The number of hydrogen-bond acceptors (Lipinski definition) is 4. The number of nitrogens with one attached hydrogen (secondary N) is 1. The first kappa shape index (κ1) is 15.7. The fourth-order valence-corrected chi connectivity index (χ4v) is 4.88. The highest BCUT2D eigenvalue weighted by molar-refractivity contribution is 7.99. The van der Waals surface area contributed by atoms with Gasteiger partial charge in [0, 0.05) is 23.1 Å². The average Bonchev–Trinajstić information content (AvgIpc) is 2.71. The predicted octanol–water partition coefficient (Wildman–Crippen LogP) is 2.13. The zero-order chi connectivity index (χ0) is 14.6. The van der Waals surface area contributed by atoms with Crippen molar-refractivity contribution in [3.63, 3.8) is 0 Å². The Hall–Kier alpha value is -0.720. The SMILES string of the molecule is O=C(CCSc1ccccc1Cl)N[C@@H]1CCS(=O)(=O)C1. The van der Waals surface area contributed by atoms with Gasteiger partial charge in [-0.05, 0) is 18.6 Å². The van der Waals surface area contributed by atoms with Gasteiger partial charge in [0.1, 0.15) is 0 Å². The van der Waals surface area contributed by atoms with E-state index in [-0.39, 0.29) is 23.5 Å². The first-order valence-corrected chi connectivity index (χ1v) is 9.52. The molecule has 0 aromatic heterocycles. The van der Waals surface area contributed by atoms with Crippen LogP contribution in [0.5, 0.6) is 0 Å². The molecule has 4 nitrogen and oxygen atoms in total. The Kier molecular flexibility index (Phi) is 5.35. The minimum Gasteiger partial charge on any atom is -0.352 e. The van der Waals surface area contributed by atoms with Crippen molar-refractivity contribution < 1.29 is 13.2 Å². The van der Waals surface area contributed by atoms with Crippen LogP contribution in [0.25, 0.3) is 0 Å². The molecule has 1 heterocycles. The maximum Gasteiger partial charge on any atom is 0.221 e. The topological polar surface area (TPSA) is 63.2 Å². The van der Waals surface area contributed by atoms with Crippen LogP contribution in [0.4, 0.5) is 0 Å². The summed E-state index contributed by atoms with van der Waals surface area (Å²) in [5.41, 5.74) is 0. The van der Waals surface area contributed by atoms with Crippen LogP contribution in [-0.4, -0.2) is 37.6 Å². The molecular weight excluding hydrogens is 318 g/mol. The molecule has 0 spiro atoms. The first-order chi connectivity index (χ1) is 9.46. The maximum absolute atomic E-state index is 11.7. The van der Waals surface area contributed by atoms with E-state index in [4.69, 9.17) is 11.6 Å². The van der Waals surface area contributed by atoms with Crippen LogP contribution in [0.2, 0.25) is 5.02 Å². The van der Waals surface area contributed by atoms with Crippen molar-refractivity contribution in [2.24, 2.45) is 0 Å². The van der Waals surface area contributed by atoms with Gasteiger partial charge in [-0.2, -0.15) is 0 Å². The molecule has 0 radical (unpaired) electrons. The number of rotatable bonds is 5. The van der Waals surface area contributed by atoms with Gasteiger partial charge in [-0.3, -0.25) is 4.79 Å². The van der Waals surface area contributed by atoms with Crippen molar-refractivity contribution in [1.82, 2.24) is 5.32 Å². The molecule has 1 amide bonds. The standard InChI is InChI=1S/C13H16ClNO3S2/c14-11-3-1-2-4-12(11)19-7-5-13(16)15-10-6-8-20(17,18)9-10/h1-4,10H,5-9H2,(H,15,16)/t10-/m1/s1. The zero-order valence-electron chi connectivity index (χ0n) is 10.8. The van der Waals surface area contributed by atoms with Gasteiger partial charge in [0.2, 0.25) is 5.91 Å². The molecule has 1 N–H and O–H groups in total. The molecule has 1 aliphatic rings. The fourth-order valence-electron chi connectivity index (χ4n) is 2.02. The summed E-state index contributed by atoms with van der Waals surface area (Å²) in [6.45, 7) is 0. The highest BCUT2D eigenvalue weighted by Gasteiger charge is 2.28. The number of hydrogen-bond donors (Lipinski definition) is 1. The Morgan fingerprint density at radius 1 is 1.40 bits per heavy atom. The molecule has 0 unspecified atom stereocenters. The van der Waals surface area contributed by atoms with Gasteiger partial charge < -0.3 is 5.32 Å². The lowest BCUT2D eigenvalue weighted by Crippen LogP contribution is -2.35. The minimum absolute atomic E-state index is 0.0659. The van der Waals surface area contributed by atoms with Crippen LogP contribution in [0, 0.1) is 0 Å². The Labute approximate surface area is 128 Å². The van der Waals surface area contributed by atoms with Gasteiger partial charge >= 0.3 is 0 Å². The Morgan fingerprint density at radius 2 is 2.15 bits per heavy atom. The summed E-state index contributed by atoms with van der Waals surface area (Å²) in [4.78, 5) is 12.7. The second-order valence-corrected chi connectivity index (χ2v) is 8.47. The summed E-state index contributed by atoms with van der Waals surface area (Å²) in [5.74, 6) is 0.754. The lowest BCUT2D eigenvalue weighted by molar-refractivity contribution is -0.121. The zero-order valence-corrected chi connectivity index (χ0v) is 13.2. The molecule has 110 valence electrons. The quantitative estimate of drug-likeness (QED) is 0.838. The third-order valence-corrected chi connectivity index (χ3v) is 6.31. The average molecular weight is 334 g/mol. The maximum atomic E-state index is 11.7. The van der Waals surface area contributed by atoms with Crippen LogP contribution in [0.3, 0.4) is 0 Å². The van der Waals surface area contributed by atoms with Crippen LogP contribution in [0.1, 0.15) is 12.8 Å². The third kappa shape index (κ3) is 4.68. The van der Waals surface area contributed by atoms with E-state index in [1.54, 1.807) is 0 Å². The summed E-state index contributed by atoms with van der Waals surface area (Å²) in [7, 11) is -2.95. The smallest absolute Gasteiger partial charge is 0.221 e. The van der Waals surface area contributed by atoms with Crippen LogP contribution in [-0.2, 0) is 14.6 Å². The Bertz CT molecular complexity index is 589. The van der Waals surface area contributed by atoms with Crippen LogP contribution in [0.15, 0.2) is 29.2 Å². The van der Waals surface area contributed by atoms with E-state index in [0.29, 0.717) is 23.6 Å². The number of thioether (sulfide) groups is 1. The number of sulfone groups is 1. The molecule has 0 saturated carbocycles. The molecule has 1 fully saturated rings. The van der Waals surface area contributed by atoms with Gasteiger partial charge in [-0.15, -0.1) is 11.8 Å². The van der Waals surface area contributed by atoms with E-state index in [2.05, 4.69) is 5.32 Å². The molecule has 1 saturated heterocycles. The van der Waals surface area contributed by atoms with E-state index in [1.807, 2.05) is 24.3 Å². The molecule has 1 aromatic rings. The largest absolute Gasteiger partial charge is 0.352 e. The van der Waals surface area contributed by atoms with Crippen molar-refractivity contribution >= 4 is 39.1 Å². The lowest BCUT2D eigenvalue weighted by Gasteiger charge is -2.10. The van der Waals surface area contributed by atoms with E-state index < -0.39 is 9.84 Å². The number of amides is 1. The second-order valence-electron chi connectivity index (χ2n) is 4.70. The van der Waals surface area contributed by atoms with Gasteiger partial charge in [-0.1, -0.05) is 23.7 Å². The van der Waals surface area contributed by atoms with E-state index in [1.165, 1.54) is 11.8 Å². The molecule has 2 rings (SSSR count). The fraction of sp³-hybridized carbons (Fsp3) is 0.462. The van der Waals surface area contributed by atoms with Crippen LogP contribution < -0.4 is 5.32 Å². The van der Waals surface area contributed by atoms with Crippen molar-refractivity contribution in [1.29, 1.82) is 0 Å². The molecular formula is C13H16ClNO3S2. The van der Waals surface area contributed by atoms with Gasteiger partial charge in [0.25, 0.3) is 0 Å². The van der Waals surface area contributed by atoms with Crippen molar-refractivity contribution in [3.8, 4) is 0 Å². The molecule has 7 heteroatoms. The number of halogens is 1. The number of carbonyl (C=O) groups is 1. The molecule has 1 aromatic carbocycles. The summed E-state index contributed by atoms with van der Waals surface area (Å²) in [6.07, 6.45) is 0.873. The molecule has 0 bridgehead atoms. The molecule has 20 heavy (non-hydrogen) atoms. The van der Waals surface area contributed by atoms with E-state index in [0.717, 1.165) is 4.90 Å². The first-order valence-electron chi connectivity index (χ1n) is 6.33. The highest BCUT2D eigenvalue weighted by atomic mass is 35.5. The van der Waals surface area contributed by atoms with Crippen LogP contribution >= 0.6 is 23.4 Å². The highest BCUT2D eigenvalue weighted by Crippen LogP contribution is 2.26. The summed E-state index contributed by atoms with van der Waals surface area (Å²) >= 11 is 7.54. The summed E-state index contributed by atoms with van der Waals surface area (Å²) < 4.78 is 22.6. The van der Waals surface area contributed by atoms with E-state index in [9.17, 15) is 13.2 Å². The molecule has 1 atom stereocenters. The minimum atomic E-state index is -2.95. The summed E-state index contributed by atoms with van der Waals surface area (Å²) in [6, 6.07) is 7.26. The van der Waals surface area contributed by atoms with Crippen molar-refractivity contribution in [3.05, 3.63) is 29.3 Å². The van der Waals surface area contributed by atoms with E-state index >= 15 is 0 Å². The monoisotopic (exact) mass is 333 g/mol. The predicted molar refractivity (Wildman–Crippen MR) is 82.0 cm³/mol. The Morgan fingerprint density at radius 3 is 2.80 bits per heavy atom. The number of benzene rings is 1. The summed E-state index contributed by atoms with van der Waals surface area (Å²) in [5, 5.41) is 3.45. The molecule has 1 aliphatic heterocycles. The van der Waals surface area contributed by atoms with Gasteiger partial charge in [-0.25, -0.2) is 8.42 Å². The van der Waals surface area contributed by atoms with Crippen molar-refractivity contribution in [2.75, 3.05) is 17.3 Å². The molecule has 0 aliphatic carbocycles. The lowest BCUT2D eigenvalue weighted by atomic mass is 10.2. The number of carbonyl (C=O) groups excluding carboxylic acids is 1. The third-order valence-electron chi connectivity index (χ3n) is 3.02.